The largest absolute Gasteiger partial charge is 0.459 e. The number of hydrogen-bond acceptors (Lipinski definition) is 3. The highest BCUT2D eigenvalue weighted by Gasteiger charge is 2.22. The molecule has 0 bridgehead atoms. The average Bonchev–Trinajstić information content (AvgIpc) is 2.73. The van der Waals surface area contributed by atoms with E-state index < -0.39 is 0 Å². The second-order valence-electron chi connectivity index (χ2n) is 7.09. The summed E-state index contributed by atoms with van der Waals surface area (Å²) in [4.78, 5) is 2.23. The fraction of sp³-hybridized carbons (Fsp3) is 0.556. The van der Waals surface area contributed by atoms with Crippen LogP contribution in [0.15, 0.2) is 28.7 Å². The first-order valence-electron chi connectivity index (χ1n) is 7.66. The number of nitrogens with zero attached hydrogens (tertiary/aromatic N) is 1. The van der Waals surface area contributed by atoms with Gasteiger partial charge in [-0.15, -0.1) is 0 Å². The van der Waals surface area contributed by atoms with Crippen LogP contribution >= 0.6 is 0 Å². The molecule has 21 heavy (non-hydrogen) atoms. The molecule has 3 nitrogen and oxygen atoms in total. The van der Waals surface area contributed by atoms with Gasteiger partial charge >= 0.3 is 0 Å². The predicted molar refractivity (Wildman–Crippen MR) is 89.7 cm³/mol. The van der Waals surface area contributed by atoms with Gasteiger partial charge in [-0.1, -0.05) is 32.0 Å². The number of aryl methyl sites for hydroxylation is 1. The van der Waals surface area contributed by atoms with Gasteiger partial charge < -0.3 is 14.6 Å². The van der Waals surface area contributed by atoms with E-state index in [2.05, 4.69) is 64.1 Å². The van der Waals surface area contributed by atoms with Crippen LogP contribution in [0, 0.1) is 12.3 Å². The third-order valence-corrected chi connectivity index (χ3v) is 3.90. The molecule has 0 spiro atoms. The monoisotopic (exact) mass is 288 g/mol. The van der Waals surface area contributed by atoms with Crippen molar-refractivity contribution in [3.05, 3.63) is 35.6 Å². The van der Waals surface area contributed by atoms with Crippen LogP contribution in [0.25, 0.3) is 11.0 Å². The minimum absolute atomic E-state index is 0.221. The standard InChI is InChI=1S/C18H28N2O/c1-13-15-9-7-8-10-16(15)21-17(13)14(2)19-11-18(3,4)12-20(5)6/h7-10,14,19H,11-12H2,1-6H3. The van der Waals surface area contributed by atoms with Crippen molar-refractivity contribution in [3.63, 3.8) is 0 Å². The zero-order chi connectivity index (χ0) is 15.6. The molecule has 1 aromatic heterocycles. The Kier molecular flexibility index (Phi) is 4.74. The first-order valence-corrected chi connectivity index (χ1v) is 7.66. The lowest BCUT2D eigenvalue weighted by Crippen LogP contribution is -2.38. The van der Waals surface area contributed by atoms with Gasteiger partial charge in [0, 0.05) is 18.5 Å². The molecule has 116 valence electrons. The molecule has 1 N–H and O–H groups in total. The van der Waals surface area contributed by atoms with Crippen LogP contribution in [-0.2, 0) is 0 Å². The molecule has 0 saturated heterocycles. The Balaban J connectivity index is 2.09. The minimum Gasteiger partial charge on any atom is -0.459 e. The maximum Gasteiger partial charge on any atom is 0.134 e. The third kappa shape index (κ3) is 3.86. The molecule has 3 heteroatoms. The number of rotatable bonds is 6. The molecule has 0 radical (unpaired) electrons. The molecular formula is C18H28N2O. The van der Waals surface area contributed by atoms with E-state index in [0.717, 1.165) is 24.4 Å². The van der Waals surface area contributed by atoms with Crippen molar-refractivity contribution in [2.75, 3.05) is 27.2 Å². The molecular weight excluding hydrogens is 260 g/mol. The van der Waals surface area contributed by atoms with Gasteiger partial charge in [-0.05, 0) is 45.0 Å². The quantitative estimate of drug-likeness (QED) is 0.871. The van der Waals surface area contributed by atoms with Gasteiger partial charge in [-0.3, -0.25) is 0 Å². The van der Waals surface area contributed by atoms with Crippen LogP contribution in [0.3, 0.4) is 0 Å². The van der Waals surface area contributed by atoms with Crippen LogP contribution < -0.4 is 5.32 Å². The second-order valence-corrected chi connectivity index (χ2v) is 7.09. The normalized spacial score (nSPS) is 14.0. The number of fused-ring (bicyclic) bond motifs is 1. The Morgan fingerprint density at radius 1 is 1.24 bits per heavy atom. The summed E-state index contributed by atoms with van der Waals surface area (Å²) in [6, 6.07) is 8.47. The van der Waals surface area contributed by atoms with E-state index in [0.29, 0.717) is 0 Å². The van der Waals surface area contributed by atoms with E-state index in [4.69, 9.17) is 4.42 Å². The highest BCUT2D eigenvalue weighted by molar-refractivity contribution is 5.82. The smallest absolute Gasteiger partial charge is 0.134 e. The molecule has 1 atom stereocenters. The maximum atomic E-state index is 6.03. The lowest BCUT2D eigenvalue weighted by Gasteiger charge is -2.29. The van der Waals surface area contributed by atoms with Crippen LogP contribution in [-0.4, -0.2) is 32.1 Å². The van der Waals surface area contributed by atoms with Gasteiger partial charge in [0.2, 0.25) is 0 Å². The van der Waals surface area contributed by atoms with E-state index in [9.17, 15) is 0 Å². The fourth-order valence-corrected chi connectivity index (χ4v) is 3.04. The van der Waals surface area contributed by atoms with Crippen molar-refractivity contribution >= 4 is 11.0 Å². The highest BCUT2D eigenvalue weighted by atomic mass is 16.3. The van der Waals surface area contributed by atoms with E-state index in [1.165, 1.54) is 10.9 Å². The SMILES string of the molecule is Cc1c(C(C)NCC(C)(C)CN(C)C)oc2ccccc12. The summed E-state index contributed by atoms with van der Waals surface area (Å²) in [5.41, 5.74) is 2.46. The van der Waals surface area contributed by atoms with Crippen molar-refractivity contribution in [3.8, 4) is 0 Å². The first kappa shape index (κ1) is 16.1. The van der Waals surface area contributed by atoms with Gasteiger partial charge in [0.1, 0.15) is 11.3 Å². The number of furan rings is 1. The maximum absolute atomic E-state index is 6.03. The molecule has 1 aromatic carbocycles. The van der Waals surface area contributed by atoms with Crippen LogP contribution in [0.5, 0.6) is 0 Å². The van der Waals surface area contributed by atoms with E-state index >= 15 is 0 Å². The Morgan fingerprint density at radius 3 is 2.52 bits per heavy atom. The van der Waals surface area contributed by atoms with Crippen LogP contribution in [0.2, 0.25) is 0 Å². The number of para-hydroxylation sites is 1. The van der Waals surface area contributed by atoms with E-state index in [1.807, 2.05) is 12.1 Å². The molecule has 0 saturated carbocycles. The number of benzene rings is 1. The van der Waals surface area contributed by atoms with Crippen molar-refractivity contribution in [2.24, 2.45) is 5.41 Å². The third-order valence-electron chi connectivity index (χ3n) is 3.90. The van der Waals surface area contributed by atoms with Crippen molar-refractivity contribution in [2.45, 2.75) is 33.7 Å². The summed E-state index contributed by atoms with van der Waals surface area (Å²) in [7, 11) is 4.24. The van der Waals surface area contributed by atoms with Gasteiger partial charge in [-0.25, -0.2) is 0 Å². The molecule has 1 unspecified atom stereocenters. The van der Waals surface area contributed by atoms with Crippen LogP contribution in [0.1, 0.15) is 38.1 Å². The predicted octanol–water partition coefficient (Wildman–Crippen LogP) is 3.98. The molecule has 2 rings (SSSR count). The number of nitrogens with one attached hydrogen (secondary N) is 1. The lowest BCUT2D eigenvalue weighted by atomic mass is 9.92. The van der Waals surface area contributed by atoms with Gasteiger partial charge in [0.15, 0.2) is 0 Å². The molecule has 0 amide bonds. The summed E-state index contributed by atoms with van der Waals surface area (Å²) < 4.78 is 6.03. The van der Waals surface area contributed by atoms with Gasteiger partial charge in [0.05, 0.1) is 6.04 Å². The highest BCUT2D eigenvalue weighted by Crippen LogP contribution is 2.29. The fourth-order valence-electron chi connectivity index (χ4n) is 3.04. The van der Waals surface area contributed by atoms with Crippen molar-refractivity contribution in [1.82, 2.24) is 10.2 Å². The Hall–Kier alpha value is -1.32. The summed E-state index contributed by atoms with van der Waals surface area (Å²) in [5.74, 6) is 1.05. The zero-order valence-corrected chi connectivity index (χ0v) is 14.2. The number of hydrogen-bond donors (Lipinski definition) is 1. The molecule has 2 aromatic rings. The molecule has 0 fully saturated rings. The van der Waals surface area contributed by atoms with Gasteiger partial charge in [-0.2, -0.15) is 0 Å². The topological polar surface area (TPSA) is 28.4 Å². The minimum atomic E-state index is 0.221. The van der Waals surface area contributed by atoms with Gasteiger partial charge in [0.25, 0.3) is 0 Å². The summed E-state index contributed by atoms with van der Waals surface area (Å²) in [6.07, 6.45) is 0. The Labute approximate surface area is 128 Å². The Morgan fingerprint density at radius 2 is 1.90 bits per heavy atom. The van der Waals surface area contributed by atoms with Crippen molar-refractivity contribution < 1.29 is 4.42 Å². The Bertz CT molecular complexity index is 598. The molecule has 0 aliphatic heterocycles. The van der Waals surface area contributed by atoms with E-state index in [-0.39, 0.29) is 11.5 Å². The average molecular weight is 288 g/mol. The molecule has 0 aliphatic rings. The van der Waals surface area contributed by atoms with E-state index in [1.54, 1.807) is 0 Å². The summed E-state index contributed by atoms with van der Waals surface area (Å²) in [5, 5.41) is 4.84. The summed E-state index contributed by atoms with van der Waals surface area (Å²) >= 11 is 0. The first-order chi connectivity index (χ1) is 9.80. The second kappa shape index (κ2) is 6.20. The molecule has 0 aliphatic carbocycles. The lowest BCUT2D eigenvalue weighted by molar-refractivity contribution is 0.224. The zero-order valence-electron chi connectivity index (χ0n) is 14.2. The van der Waals surface area contributed by atoms with Crippen molar-refractivity contribution in [1.29, 1.82) is 0 Å². The molecule has 1 heterocycles. The summed E-state index contributed by atoms with van der Waals surface area (Å²) in [6.45, 7) is 10.9. The van der Waals surface area contributed by atoms with Crippen LogP contribution in [0.4, 0.5) is 0 Å².